The zero-order valence-corrected chi connectivity index (χ0v) is 19.4. The number of carbonyl (C=O) groups excluding carboxylic acids is 2. The van der Waals surface area contributed by atoms with Gasteiger partial charge in [0.1, 0.15) is 0 Å². The van der Waals surface area contributed by atoms with E-state index in [1.54, 1.807) is 12.1 Å². The van der Waals surface area contributed by atoms with Crippen molar-refractivity contribution in [1.82, 2.24) is 15.5 Å². The maximum atomic E-state index is 12.8. The maximum Gasteiger partial charge on any atom is 0.338 e. The lowest BCUT2D eigenvalue weighted by Crippen LogP contribution is -2.51. The molecule has 1 saturated heterocycles. The second-order valence-electron chi connectivity index (χ2n) is 8.17. The third kappa shape index (κ3) is 5.09. The predicted octanol–water partition coefficient (Wildman–Crippen LogP) is 2.39. The van der Waals surface area contributed by atoms with Gasteiger partial charge in [-0.1, -0.05) is 24.3 Å². The Balaban J connectivity index is 1.58. The molecule has 2 aromatic rings. The van der Waals surface area contributed by atoms with E-state index >= 15 is 0 Å². The molecular formula is C25H30N4O5. The van der Waals surface area contributed by atoms with Crippen LogP contribution < -0.4 is 20.3 Å². The van der Waals surface area contributed by atoms with Crippen molar-refractivity contribution in [3.05, 3.63) is 65.4 Å². The molecular weight excluding hydrogens is 436 g/mol. The van der Waals surface area contributed by atoms with Gasteiger partial charge in [-0.25, -0.2) is 9.59 Å². The Morgan fingerprint density at radius 2 is 1.85 bits per heavy atom. The van der Waals surface area contributed by atoms with E-state index in [0.29, 0.717) is 30.0 Å². The quantitative estimate of drug-likeness (QED) is 0.539. The van der Waals surface area contributed by atoms with Crippen molar-refractivity contribution < 1.29 is 24.2 Å². The molecule has 4 rings (SSSR count). The normalized spacial score (nSPS) is 18.8. The number of nitrogens with one attached hydrogen (secondary N) is 2. The summed E-state index contributed by atoms with van der Waals surface area (Å²) in [5.74, 6) is -0.247. The first-order chi connectivity index (χ1) is 16.5. The van der Waals surface area contributed by atoms with E-state index in [4.69, 9.17) is 9.47 Å². The molecule has 1 atom stereocenters. The topological polar surface area (TPSA) is 103 Å². The Kier molecular flexibility index (Phi) is 7.22. The first-order valence-electron chi connectivity index (χ1n) is 11.4. The zero-order chi connectivity index (χ0) is 24.1. The van der Waals surface area contributed by atoms with Crippen LogP contribution in [-0.2, 0) is 9.53 Å². The number of rotatable bonds is 7. The molecule has 2 aliphatic heterocycles. The Labute approximate surface area is 198 Å². The van der Waals surface area contributed by atoms with E-state index in [2.05, 4.69) is 32.6 Å². The Hall–Kier alpha value is -3.72. The van der Waals surface area contributed by atoms with Crippen molar-refractivity contribution in [3.8, 4) is 11.5 Å². The summed E-state index contributed by atoms with van der Waals surface area (Å²) in [7, 11) is 1.32. The molecule has 9 nitrogen and oxygen atoms in total. The van der Waals surface area contributed by atoms with Crippen LogP contribution in [0.5, 0.6) is 11.5 Å². The lowest BCUT2D eigenvalue weighted by molar-refractivity contribution is -0.136. The van der Waals surface area contributed by atoms with E-state index in [0.717, 1.165) is 26.2 Å². The number of aromatic hydroxyl groups is 1. The van der Waals surface area contributed by atoms with Crippen LogP contribution in [0.3, 0.4) is 0 Å². The number of esters is 1. The number of para-hydroxylation sites is 1. The van der Waals surface area contributed by atoms with Gasteiger partial charge in [0.05, 0.1) is 25.3 Å². The van der Waals surface area contributed by atoms with Gasteiger partial charge in [-0.3, -0.25) is 4.90 Å². The van der Waals surface area contributed by atoms with Gasteiger partial charge in [0.15, 0.2) is 11.5 Å². The van der Waals surface area contributed by atoms with Crippen molar-refractivity contribution in [2.45, 2.75) is 13.0 Å². The fourth-order valence-corrected chi connectivity index (χ4v) is 4.35. The summed E-state index contributed by atoms with van der Waals surface area (Å²) in [6.07, 6.45) is 0. The summed E-state index contributed by atoms with van der Waals surface area (Å²) in [4.78, 5) is 29.9. The molecule has 3 N–H and O–H groups in total. The second-order valence-corrected chi connectivity index (χ2v) is 8.17. The van der Waals surface area contributed by atoms with Crippen molar-refractivity contribution in [1.29, 1.82) is 0 Å². The van der Waals surface area contributed by atoms with E-state index in [1.807, 2.05) is 25.1 Å². The number of piperazine rings is 1. The molecule has 180 valence electrons. The van der Waals surface area contributed by atoms with Gasteiger partial charge in [-0.05, 0) is 36.8 Å². The van der Waals surface area contributed by atoms with Crippen molar-refractivity contribution in [3.63, 3.8) is 0 Å². The SMILES string of the molecule is CCOc1cc([C@@H]2NC(=O)NC(CN3CCN(c4ccccc4)CC3)=C2C(=O)OC)ccc1O. The number of benzene rings is 2. The molecule has 0 spiro atoms. The van der Waals surface area contributed by atoms with Crippen LogP contribution in [0.4, 0.5) is 10.5 Å². The highest BCUT2D eigenvalue weighted by Gasteiger charge is 2.35. The van der Waals surface area contributed by atoms with Crippen LogP contribution in [0.25, 0.3) is 0 Å². The van der Waals surface area contributed by atoms with E-state index in [9.17, 15) is 14.7 Å². The van der Waals surface area contributed by atoms with Gasteiger partial charge < -0.3 is 30.1 Å². The van der Waals surface area contributed by atoms with Crippen LogP contribution in [-0.4, -0.2) is 68.4 Å². The fraction of sp³-hybridized carbons (Fsp3) is 0.360. The highest BCUT2D eigenvalue weighted by atomic mass is 16.5. The number of urea groups is 1. The standard InChI is InChI=1S/C25H30N4O5/c1-3-34-21-15-17(9-10-20(21)30)23-22(24(31)33-2)19(26-25(32)27-23)16-28-11-13-29(14-12-28)18-7-5-4-6-8-18/h4-10,15,23,30H,3,11-14,16H2,1-2H3,(H2,26,27,32)/t23-/m0/s1. The van der Waals surface area contributed by atoms with Crippen LogP contribution >= 0.6 is 0 Å². The van der Waals surface area contributed by atoms with E-state index < -0.39 is 18.0 Å². The Bertz CT molecular complexity index is 1060. The first-order valence-corrected chi connectivity index (χ1v) is 11.4. The average molecular weight is 467 g/mol. The van der Waals surface area contributed by atoms with Crippen LogP contribution in [0, 0.1) is 0 Å². The maximum absolute atomic E-state index is 12.8. The number of phenols is 1. The van der Waals surface area contributed by atoms with Crippen LogP contribution in [0.1, 0.15) is 18.5 Å². The van der Waals surface area contributed by atoms with Gasteiger partial charge in [-0.15, -0.1) is 0 Å². The summed E-state index contributed by atoms with van der Waals surface area (Å²) < 4.78 is 10.6. The number of anilines is 1. The van der Waals surface area contributed by atoms with Gasteiger partial charge in [0, 0.05) is 44.1 Å². The molecule has 2 aromatic carbocycles. The minimum atomic E-state index is -0.735. The monoisotopic (exact) mass is 466 g/mol. The smallest absolute Gasteiger partial charge is 0.338 e. The Morgan fingerprint density at radius 3 is 2.53 bits per heavy atom. The molecule has 2 heterocycles. The highest BCUT2D eigenvalue weighted by molar-refractivity contribution is 5.95. The molecule has 0 radical (unpaired) electrons. The summed E-state index contributed by atoms with van der Waals surface area (Å²) in [6, 6.07) is 13.9. The van der Waals surface area contributed by atoms with Crippen molar-refractivity contribution in [2.75, 3.05) is 51.3 Å². The number of methoxy groups -OCH3 is 1. The van der Waals surface area contributed by atoms with Gasteiger partial charge >= 0.3 is 12.0 Å². The summed E-state index contributed by atoms with van der Waals surface area (Å²) in [6.45, 7) is 5.85. The molecule has 0 aromatic heterocycles. The van der Waals surface area contributed by atoms with Crippen LogP contribution in [0.15, 0.2) is 59.8 Å². The van der Waals surface area contributed by atoms with E-state index in [1.165, 1.54) is 18.9 Å². The molecule has 0 saturated carbocycles. The largest absolute Gasteiger partial charge is 0.504 e. The molecule has 0 unspecified atom stereocenters. The molecule has 9 heteroatoms. The predicted molar refractivity (Wildman–Crippen MR) is 128 cm³/mol. The number of phenolic OH excluding ortho intramolecular Hbond substituents is 1. The van der Waals surface area contributed by atoms with Gasteiger partial charge in [0.25, 0.3) is 0 Å². The zero-order valence-electron chi connectivity index (χ0n) is 19.4. The third-order valence-corrected chi connectivity index (χ3v) is 6.05. The number of carbonyl (C=O) groups is 2. The number of amides is 2. The van der Waals surface area contributed by atoms with Crippen molar-refractivity contribution in [2.24, 2.45) is 0 Å². The number of nitrogens with zero attached hydrogens (tertiary/aromatic N) is 2. The minimum absolute atomic E-state index is 0.00836. The molecule has 1 fully saturated rings. The lowest BCUT2D eigenvalue weighted by Gasteiger charge is -2.38. The second kappa shape index (κ2) is 10.5. The minimum Gasteiger partial charge on any atom is -0.504 e. The number of hydrogen-bond donors (Lipinski definition) is 3. The molecule has 2 aliphatic rings. The molecule has 0 aliphatic carbocycles. The average Bonchev–Trinajstić information content (AvgIpc) is 2.86. The number of hydrogen-bond acceptors (Lipinski definition) is 7. The Morgan fingerprint density at radius 1 is 1.12 bits per heavy atom. The summed E-state index contributed by atoms with van der Waals surface area (Å²) in [5, 5.41) is 15.7. The summed E-state index contributed by atoms with van der Waals surface area (Å²) >= 11 is 0. The van der Waals surface area contributed by atoms with Crippen molar-refractivity contribution >= 4 is 17.7 Å². The highest BCUT2D eigenvalue weighted by Crippen LogP contribution is 2.34. The third-order valence-electron chi connectivity index (χ3n) is 6.05. The number of ether oxygens (including phenoxy) is 2. The van der Waals surface area contributed by atoms with E-state index in [-0.39, 0.29) is 11.5 Å². The molecule has 0 bridgehead atoms. The van der Waals surface area contributed by atoms with Gasteiger partial charge in [-0.2, -0.15) is 0 Å². The molecule has 2 amide bonds. The van der Waals surface area contributed by atoms with Gasteiger partial charge in [0.2, 0.25) is 0 Å². The lowest BCUT2D eigenvalue weighted by atomic mass is 9.94. The summed E-state index contributed by atoms with van der Waals surface area (Å²) in [5.41, 5.74) is 2.65. The van der Waals surface area contributed by atoms with Crippen LogP contribution in [0.2, 0.25) is 0 Å². The first kappa shape index (κ1) is 23.4. The molecule has 34 heavy (non-hydrogen) atoms. The fourth-order valence-electron chi connectivity index (χ4n) is 4.35.